The van der Waals surface area contributed by atoms with Crippen LogP contribution in [0.4, 0.5) is 5.69 Å². The second-order valence-corrected chi connectivity index (χ2v) is 7.78. The van der Waals surface area contributed by atoms with Gasteiger partial charge in [-0.15, -0.1) is 0 Å². The summed E-state index contributed by atoms with van der Waals surface area (Å²) in [5, 5.41) is 2.82. The molecular formula is C28H26ClNO3. The number of rotatable bonds is 9. The average Bonchev–Trinajstić information content (AvgIpc) is 2.83. The maximum atomic E-state index is 6.61. The third-order valence-electron chi connectivity index (χ3n) is 5.09. The molecule has 0 unspecified atom stereocenters. The van der Waals surface area contributed by atoms with Gasteiger partial charge in [0.2, 0.25) is 0 Å². The third kappa shape index (κ3) is 5.65. The Labute approximate surface area is 199 Å². The van der Waals surface area contributed by atoms with Crippen molar-refractivity contribution in [2.24, 2.45) is 4.99 Å². The molecule has 0 N–H and O–H groups in total. The van der Waals surface area contributed by atoms with Crippen LogP contribution in [0.5, 0.6) is 17.2 Å². The highest BCUT2D eigenvalue weighted by Crippen LogP contribution is 2.37. The Balaban J connectivity index is 1.55. The van der Waals surface area contributed by atoms with Crippen molar-refractivity contribution in [3.63, 3.8) is 0 Å². The average molecular weight is 460 g/mol. The van der Waals surface area contributed by atoms with E-state index in [1.54, 1.807) is 6.21 Å². The fraction of sp³-hybridized carbons (Fsp3) is 0.179. The van der Waals surface area contributed by atoms with Crippen LogP contribution < -0.4 is 14.2 Å². The van der Waals surface area contributed by atoms with E-state index < -0.39 is 0 Å². The Bertz CT molecular complexity index is 1250. The van der Waals surface area contributed by atoms with E-state index in [9.17, 15) is 0 Å². The summed E-state index contributed by atoms with van der Waals surface area (Å²) in [4.78, 5) is 4.54. The number of hydrogen-bond donors (Lipinski definition) is 0. The van der Waals surface area contributed by atoms with Gasteiger partial charge in [0.1, 0.15) is 12.4 Å². The first-order chi connectivity index (χ1) is 16.2. The van der Waals surface area contributed by atoms with E-state index in [1.807, 2.05) is 68.4 Å². The fourth-order valence-corrected chi connectivity index (χ4v) is 3.85. The predicted octanol–water partition coefficient (Wildman–Crippen LogP) is 7.62. The number of hydrogen-bond acceptors (Lipinski definition) is 4. The predicted molar refractivity (Wildman–Crippen MR) is 136 cm³/mol. The fourth-order valence-electron chi connectivity index (χ4n) is 3.58. The first-order valence-corrected chi connectivity index (χ1v) is 11.4. The molecule has 5 heteroatoms. The lowest BCUT2D eigenvalue weighted by atomic mass is 10.1. The quantitative estimate of drug-likeness (QED) is 0.242. The van der Waals surface area contributed by atoms with Gasteiger partial charge in [-0.25, -0.2) is 0 Å². The first kappa shape index (κ1) is 22.7. The highest BCUT2D eigenvalue weighted by molar-refractivity contribution is 6.32. The van der Waals surface area contributed by atoms with E-state index in [-0.39, 0.29) is 0 Å². The molecule has 0 spiro atoms. The van der Waals surface area contributed by atoms with Crippen molar-refractivity contribution in [1.29, 1.82) is 0 Å². The highest BCUT2D eigenvalue weighted by Gasteiger charge is 2.13. The van der Waals surface area contributed by atoms with Gasteiger partial charge in [-0.05, 0) is 72.1 Å². The van der Waals surface area contributed by atoms with Gasteiger partial charge in [0.25, 0.3) is 0 Å². The zero-order valence-corrected chi connectivity index (χ0v) is 19.5. The SMILES string of the molecule is CCOc1ccc(N=Cc2cc(Cl)c(OCc3cccc4ccccc34)c(OCC)c2)cc1. The van der Waals surface area contributed by atoms with E-state index >= 15 is 0 Å². The standard InChI is InChI=1S/C28H26ClNO3/c1-3-31-24-14-12-23(13-15-24)30-18-20-16-26(29)28(27(17-20)32-4-2)33-19-22-10-7-9-21-8-5-6-11-25(21)22/h5-18H,3-4,19H2,1-2H3. The molecule has 0 bridgehead atoms. The van der Waals surface area contributed by atoms with Crippen LogP contribution in [0.15, 0.2) is 83.9 Å². The number of benzene rings is 4. The number of halogens is 1. The van der Waals surface area contributed by atoms with Gasteiger partial charge in [-0.3, -0.25) is 4.99 Å². The molecule has 4 aromatic carbocycles. The molecule has 0 fully saturated rings. The summed E-state index contributed by atoms with van der Waals surface area (Å²) in [6.07, 6.45) is 1.76. The summed E-state index contributed by atoms with van der Waals surface area (Å²) >= 11 is 6.61. The molecular weight excluding hydrogens is 434 g/mol. The Hall–Kier alpha value is -3.50. The van der Waals surface area contributed by atoms with Crippen molar-refractivity contribution >= 4 is 34.3 Å². The van der Waals surface area contributed by atoms with Crippen molar-refractivity contribution in [3.05, 3.63) is 95.0 Å². The molecule has 0 aliphatic heterocycles. The van der Waals surface area contributed by atoms with Crippen LogP contribution in [0.1, 0.15) is 25.0 Å². The summed E-state index contributed by atoms with van der Waals surface area (Å²) < 4.78 is 17.5. The van der Waals surface area contributed by atoms with Gasteiger partial charge in [-0.2, -0.15) is 0 Å². The number of fused-ring (bicyclic) bond motifs is 1. The minimum atomic E-state index is 0.390. The molecule has 0 aromatic heterocycles. The van der Waals surface area contributed by atoms with E-state index in [1.165, 1.54) is 5.39 Å². The van der Waals surface area contributed by atoms with Crippen molar-refractivity contribution in [3.8, 4) is 17.2 Å². The van der Waals surface area contributed by atoms with Crippen molar-refractivity contribution in [2.75, 3.05) is 13.2 Å². The van der Waals surface area contributed by atoms with Gasteiger partial charge in [0.15, 0.2) is 11.5 Å². The summed E-state index contributed by atoms with van der Waals surface area (Å²) in [6.45, 7) is 5.42. The third-order valence-corrected chi connectivity index (χ3v) is 5.37. The molecule has 0 heterocycles. The Morgan fingerprint density at radius 3 is 2.36 bits per heavy atom. The van der Waals surface area contributed by atoms with Crippen LogP contribution in [-0.4, -0.2) is 19.4 Å². The molecule has 4 rings (SSSR count). The van der Waals surface area contributed by atoms with E-state index in [4.69, 9.17) is 25.8 Å². The minimum absolute atomic E-state index is 0.390. The van der Waals surface area contributed by atoms with Crippen molar-refractivity contribution in [2.45, 2.75) is 20.5 Å². The second-order valence-electron chi connectivity index (χ2n) is 7.38. The second kappa shape index (κ2) is 10.9. The van der Waals surface area contributed by atoms with Gasteiger partial charge in [0, 0.05) is 6.21 Å². The maximum Gasteiger partial charge on any atom is 0.180 e. The Kier molecular flexibility index (Phi) is 7.48. The lowest BCUT2D eigenvalue weighted by Crippen LogP contribution is -2.02. The van der Waals surface area contributed by atoms with E-state index in [2.05, 4.69) is 29.3 Å². The summed E-state index contributed by atoms with van der Waals surface area (Å²) in [6, 6.07) is 25.8. The summed E-state index contributed by atoms with van der Waals surface area (Å²) in [5.41, 5.74) is 2.74. The van der Waals surface area contributed by atoms with Crippen LogP contribution in [0.3, 0.4) is 0 Å². The molecule has 0 saturated carbocycles. The summed E-state index contributed by atoms with van der Waals surface area (Å²) in [5.74, 6) is 1.95. The van der Waals surface area contributed by atoms with Gasteiger partial charge < -0.3 is 14.2 Å². The van der Waals surface area contributed by atoms with Crippen LogP contribution >= 0.6 is 11.6 Å². The normalized spacial score (nSPS) is 11.1. The van der Waals surface area contributed by atoms with Gasteiger partial charge in [0.05, 0.1) is 23.9 Å². The molecule has 168 valence electrons. The molecule has 0 radical (unpaired) electrons. The molecule has 4 nitrogen and oxygen atoms in total. The topological polar surface area (TPSA) is 40.0 Å². The molecule has 0 atom stereocenters. The molecule has 33 heavy (non-hydrogen) atoms. The van der Waals surface area contributed by atoms with Crippen LogP contribution in [0, 0.1) is 0 Å². The van der Waals surface area contributed by atoms with E-state index in [0.717, 1.165) is 28.0 Å². The molecule has 4 aromatic rings. The monoisotopic (exact) mass is 459 g/mol. The van der Waals surface area contributed by atoms with Crippen LogP contribution in [0.2, 0.25) is 5.02 Å². The van der Waals surface area contributed by atoms with Gasteiger partial charge in [-0.1, -0.05) is 54.1 Å². The largest absolute Gasteiger partial charge is 0.494 e. The molecule has 0 aliphatic carbocycles. The van der Waals surface area contributed by atoms with Crippen molar-refractivity contribution in [1.82, 2.24) is 0 Å². The Morgan fingerprint density at radius 1 is 0.818 bits per heavy atom. The number of nitrogens with zero attached hydrogens (tertiary/aromatic N) is 1. The molecule has 0 saturated heterocycles. The highest BCUT2D eigenvalue weighted by atomic mass is 35.5. The zero-order valence-electron chi connectivity index (χ0n) is 18.8. The smallest absolute Gasteiger partial charge is 0.180 e. The Morgan fingerprint density at radius 2 is 1.58 bits per heavy atom. The van der Waals surface area contributed by atoms with E-state index in [0.29, 0.717) is 36.3 Å². The zero-order chi connectivity index (χ0) is 23.0. The number of aliphatic imine (C=N–C) groups is 1. The van der Waals surface area contributed by atoms with Crippen LogP contribution in [0.25, 0.3) is 10.8 Å². The summed E-state index contributed by atoms with van der Waals surface area (Å²) in [7, 11) is 0. The van der Waals surface area contributed by atoms with Crippen LogP contribution in [-0.2, 0) is 6.61 Å². The lowest BCUT2D eigenvalue weighted by molar-refractivity contribution is 0.270. The number of ether oxygens (including phenoxy) is 3. The minimum Gasteiger partial charge on any atom is -0.494 e. The molecule has 0 aliphatic rings. The first-order valence-electron chi connectivity index (χ1n) is 11.0. The van der Waals surface area contributed by atoms with Crippen molar-refractivity contribution < 1.29 is 14.2 Å². The van der Waals surface area contributed by atoms with Gasteiger partial charge >= 0.3 is 0 Å². The molecule has 0 amide bonds. The lowest BCUT2D eigenvalue weighted by Gasteiger charge is -2.15. The maximum absolute atomic E-state index is 6.61.